The fraction of sp³-hybridized carbons (Fsp3) is 0.500. The summed E-state index contributed by atoms with van der Waals surface area (Å²) < 4.78 is 36.5. The molecule has 6 nitrogen and oxygen atoms in total. The van der Waals surface area contributed by atoms with Gasteiger partial charge in [0.15, 0.2) is 0 Å². The third-order valence-corrected chi connectivity index (χ3v) is 4.11. The van der Waals surface area contributed by atoms with Crippen molar-refractivity contribution in [1.82, 2.24) is 4.72 Å². The molecule has 1 N–H and O–H groups in total. The molecule has 0 unspecified atom stereocenters. The molecule has 0 aromatic heterocycles. The van der Waals surface area contributed by atoms with E-state index >= 15 is 0 Å². The number of benzene rings is 1. The number of nitrogens with one attached hydrogen (secondary N) is 1. The average Bonchev–Trinajstić information content (AvgIpc) is 2.47. The number of rotatable bonds is 9. The van der Waals surface area contributed by atoms with Crippen LogP contribution in [0.5, 0.6) is 0 Å². The van der Waals surface area contributed by atoms with E-state index in [2.05, 4.69) is 4.72 Å². The summed E-state index contributed by atoms with van der Waals surface area (Å²) in [7, 11) is -3.56. The molecule has 1 aromatic rings. The molecule has 0 bridgehead atoms. The third kappa shape index (κ3) is 5.82. The van der Waals surface area contributed by atoms with Crippen LogP contribution < -0.4 is 4.72 Å². The van der Waals surface area contributed by atoms with Crippen LogP contribution in [0.4, 0.5) is 0 Å². The van der Waals surface area contributed by atoms with Gasteiger partial charge in [-0.3, -0.25) is 0 Å². The molecule has 1 aromatic carbocycles. The highest BCUT2D eigenvalue weighted by atomic mass is 32.2. The predicted molar refractivity (Wildman–Crippen MR) is 78.7 cm³/mol. The lowest BCUT2D eigenvalue weighted by Crippen LogP contribution is -2.25. The van der Waals surface area contributed by atoms with Gasteiger partial charge in [-0.05, 0) is 44.5 Å². The summed E-state index contributed by atoms with van der Waals surface area (Å²) in [6, 6.07) is 5.65. The summed E-state index contributed by atoms with van der Waals surface area (Å²) in [6.45, 7) is 5.31. The van der Waals surface area contributed by atoms with Gasteiger partial charge >= 0.3 is 5.97 Å². The van der Waals surface area contributed by atoms with Crippen LogP contribution in [0.3, 0.4) is 0 Å². The first-order valence-electron chi connectivity index (χ1n) is 6.85. The molecule has 0 radical (unpaired) electrons. The first-order valence-corrected chi connectivity index (χ1v) is 8.34. The number of esters is 1. The van der Waals surface area contributed by atoms with Gasteiger partial charge in [-0.2, -0.15) is 0 Å². The Morgan fingerprint density at radius 2 is 1.81 bits per heavy atom. The minimum Gasteiger partial charge on any atom is -0.462 e. The van der Waals surface area contributed by atoms with Gasteiger partial charge in [0.05, 0.1) is 17.1 Å². The quantitative estimate of drug-likeness (QED) is 0.552. The number of ether oxygens (including phenoxy) is 2. The highest BCUT2D eigenvalue weighted by molar-refractivity contribution is 7.89. The van der Waals surface area contributed by atoms with Gasteiger partial charge in [-0.15, -0.1) is 0 Å². The summed E-state index contributed by atoms with van der Waals surface area (Å²) in [5.74, 6) is -0.467. The molecule has 0 aliphatic carbocycles. The van der Waals surface area contributed by atoms with Gasteiger partial charge in [-0.25, -0.2) is 17.9 Å². The maximum absolute atomic E-state index is 12.0. The number of carbonyl (C=O) groups is 1. The smallest absolute Gasteiger partial charge is 0.338 e. The van der Waals surface area contributed by atoms with Gasteiger partial charge in [0.1, 0.15) is 0 Å². The van der Waals surface area contributed by atoms with Gasteiger partial charge in [0.25, 0.3) is 0 Å². The SMILES string of the molecule is CCOCCCNS(=O)(=O)c1ccc(C(=O)OCC)cc1. The van der Waals surface area contributed by atoms with Crippen molar-refractivity contribution in [1.29, 1.82) is 0 Å². The van der Waals surface area contributed by atoms with Gasteiger partial charge in [-0.1, -0.05) is 0 Å². The normalized spacial score (nSPS) is 11.3. The zero-order valence-corrected chi connectivity index (χ0v) is 13.1. The minimum atomic E-state index is -3.56. The van der Waals surface area contributed by atoms with Gasteiger partial charge < -0.3 is 9.47 Å². The molecule has 0 aliphatic rings. The van der Waals surface area contributed by atoms with Crippen LogP contribution in [-0.4, -0.2) is 40.8 Å². The summed E-state index contributed by atoms with van der Waals surface area (Å²) in [5.41, 5.74) is 0.326. The number of carbonyl (C=O) groups excluding carboxylic acids is 1. The highest BCUT2D eigenvalue weighted by Crippen LogP contribution is 2.11. The van der Waals surface area contributed by atoms with E-state index in [1.54, 1.807) is 6.92 Å². The summed E-state index contributed by atoms with van der Waals surface area (Å²) in [6.07, 6.45) is 0.605. The second-order valence-electron chi connectivity index (χ2n) is 4.19. The van der Waals surface area contributed by atoms with E-state index in [0.29, 0.717) is 31.7 Å². The Bertz CT molecular complexity index is 539. The maximum Gasteiger partial charge on any atom is 0.338 e. The molecule has 0 spiro atoms. The Morgan fingerprint density at radius 3 is 2.38 bits per heavy atom. The van der Waals surface area contributed by atoms with Gasteiger partial charge in [0.2, 0.25) is 10.0 Å². The molecular formula is C14H21NO5S. The molecule has 0 heterocycles. The monoisotopic (exact) mass is 315 g/mol. The Hall–Kier alpha value is -1.44. The molecule has 7 heteroatoms. The van der Waals surface area contributed by atoms with E-state index in [4.69, 9.17) is 9.47 Å². The lowest BCUT2D eigenvalue weighted by Gasteiger charge is -2.07. The zero-order valence-electron chi connectivity index (χ0n) is 12.3. The van der Waals surface area contributed by atoms with Crippen LogP contribution in [0.25, 0.3) is 0 Å². The van der Waals surface area contributed by atoms with E-state index in [1.165, 1.54) is 24.3 Å². The largest absolute Gasteiger partial charge is 0.462 e. The van der Waals surface area contributed by atoms with Crippen molar-refractivity contribution in [2.24, 2.45) is 0 Å². The van der Waals surface area contributed by atoms with Crippen LogP contribution in [0.1, 0.15) is 30.6 Å². The molecule has 0 saturated carbocycles. The zero-order chi connectivity index (χ0) is 15.7. The van der Waals surface area contributed by atoms with Crippen molar-refractivity contribution in [2.45, 2.75) is 25.2 Å². The minimum absolute atomic E-state index is 0.118. The Labute approximate surface area is 125 Å². The van der Waals surface area contributed by atoms with Gasteiger partial charge in [0, 0.05) is 19.8 Å². The fourth-order valence-corrected chi connectivity index (χ4v) is 2.67. The number of hydrogen-bond acceptors (Lipinski definition) is 5. The topological polar surface area (TPSA) is 81.7 Å². The standard InChI is InChI=1S/C14H21NO5S/c1-3-19-11-5-10-15-21(17,18)13-8-6-12(7-9-13)14(16)20-4-2/h6-9,15H,3-5,10-11H2,1-2H3. The second kappa shape index (κ2) is 8.76. The number of sulfonamides is 1. The van der Waals surface area contributed by atoms with Crippen LogP contribution >= 0.6 is 0 Å². The van der Waals surface area contributed by atoms with Crippen molar-refractivity contribution in [3.05, 3.63) is 29.8 Å². The van der Waals surface area contributed by atoms with E-state index in [-0.39, 0.29) is 11.5 Å². The van der Waals surface area contributed by atoms with E-state index in [1.807, 2.05) is 6.92 Å². The molecule has 1 rings (SSSR count). The number of hydrogen-bond donors (Lipinski definition) is 1. The van der Waals surface area contributed by atoms with Crippen molar-refractivity contribution < 1.29 is 22.7 Å². The van der Waals surface area contributed by atoms with Crippen LogP contribution in [0, 0.1) is 0 Å². The Morgan fingerprint density at radius 1 is 1.14 bits per heavy atom. The molecule has 0 atom stereocenters. The van der Waals surface area contributed by atoms with Crippen molar-refractivity contribution in [3.8, 4) is 0 Å². The summed E-state index contributed by atoms with van der Waals surface area (Å²) in [4.78, 5) is 11.6. The molecular weight excluding hydrogens is 294 g/mol. The first-order chi connectivity index (χ1) is 10.0. The van der Waals surface area contributed by atoms with E-state index < -0.39 is 16.0 Å². The van der Waals surface area contributed by atoms with Crippen LogP contribution in [0.2, 0.25) is 0 Å². The van der Waals surface area contributed by atoms with Crippen molar-refractivity contribution >= 4 is 16.0 Å². The average molecular weight is 315 g/mol. The molecule has 0 aliphatic heterocycles. The molecule has 0 saturated heterocycles. The first kappa shape index (κ1) is 17.6. The second-order valence-corrected chi connectivity index (χ2v) is 5.96. The predicted octanol–water partition coefficient (Wildman–Crippen LogP) is 1.57. The molecule has 0 fully saturated rings. The van der Waals surface area contributed by atoms with Crippen molar-refractivity contribution in [3.63, 3.8) is 0 Å². The van der Waals surface area contributed by atoms with Crippen LogP contribution in [0.15, 0.2) is 29.2 Å². The Balaban J connectivity index is 2.61. The third-order valence-electron chi connectivity index (χ3n) is 2.64. The summed E-state index contributed by atoms with van der Waals surface area (Å²) >= 11 is 0. The lowest BCUT2D eigenvalue weighted by molar-refractivity contribution is 0.0526. The fourth-order valence-electron chi connectivity index (χ4n) is 1.59. The summed E-state index contributed by atoms with van der Waals surface area (Å²) in [5, 5.41) is 0. The van der Waals surface area contributed by atoms with E-state index in [0.717, 1.165) is 0 Å². The molecule has 0 amide bonds. The maximum atomic E-state index is 12.0. The Kier molecular flexibility index (Phi) is 7.35. The lowest BCUT2D eigenvalue weighted by atomic mass is 10.2. The molecule has 118 valence electrons. The van der Waals surface area contributed by atoms with E-state index in [9.17, 15) is 13.2 Å². The highest BCUT2D eigenvalue weighted by Gasteiger charge is 2.14. The van der Waals surface area contributed by atoms with Crippen molar-refractivity contribution in [2.75, 3.05) is 26.4 Å². The molecule has 21 heavy (non-hydrogen) atoms. The van der Waals surface area contributed by atoms with Crippen LogP contribution in [-0.2, 0) is 19.5 Å².